The van der Waals surface area contributed by atoms with Crippen molar-refractivity contribution >= 4 is 23.2 Å². The highest BCUT2D eigenvalue weighted by atomic mass is 19.1. The highest BCUT2D eigenvalue weighted by molar-refractivity contribution is 5.93. The van der Waals surface area contributed by atoms with E-state index in [-0.39, 0.29) is 24.2 Å². The number of aliphatic hydroxyl groups excluding tert-OH is 1. The second kappa shape index (κ2) is 7.77. The molecule has 0 saturated carbocycles. The first kappa shape index (κ1) is 18.5. The third-order valence-electron chi connectivity index (χ3n) is 5.83. The molecule has 2 aliphatic heterocycles. The topological polar surface area (TPSA) is 86.0 Å². The maximum Gasteiger partial charge on any atom is 0.322 e. The highest BCUT2D eigenvalue weighted by Gasteiger charge is 2.30. The summed E-state index contributed by atoms with van der Waals surface area (Å²) in [5, 5.41) is 16.6. The van der Waals surface area contributed by atoms with E-state index >= 15 is 0 Å². The van der Waals surface area contributed by atoms with E-state index in [1.165, 1.54) is 27.9 Å². The number of carbonyl (C=O) groups excluding carboxylic acids is 1. The quantitative estimate of drug-likeness (QED) is 0.669. The monoisotopic (exact) mass is 429 g/mol. The number of urea groups is 1. The van der Waals surface area contributed by atoms with Crippen LogP contribution in [0.2, 0.25) is 0 Å². The number of anilines is 2. The van der Waals surface area contributed by atoms with Gasteiger partial charge in [0, 0.05) is 31.4 Å². The van der Waals surface area contributed by atoms with E-state index in [0.717, 1.165) is 18.6 Å². The van der Waals surface area contributed by atoms with Crippen molar-refractivity contribution in [3.8, 4) is 0 Å². The highest BCUT2D eigenvalue weighted by Crippen LogP contribution is 2.37. The smallest absolute Gasteiger partial charge is 0.322 e. The molecule has 2 atom stereocenters. The fourth-order valence-corrected chi connectivity index (χ4v) is 4.28. The summed E-state index contributed by atoms with van der Waals surface area (Å²) in [6, 6.07) is 2.66. The molecule has 2 aromatic heterocycles. The summed E-state index contributed by atoms with van der Waals surface area (Å²) >= 11 is 0. The van der Waals surface area contributed by atoms with Crippen LogP contribution < -0.4 is 10.2 Å². The SMILES string of the molecule is [2H]c1cn2ncc(NC(=O)N3CC[C@H](O)C3)c2nc1N1CCC[C@@H]1c1cc(F)ccc1F. The maximum atomic E-state index is 14.5. The number of nitrogens with zero attached hydrogens (tertiary/aromatic N) is 5. The lowest BCUT2D eigenvalue weighted by Crippen LogP contribution is -2.33. The van der Waals surface area contributed by atoms with Gasteiger partial charge in [-0.3, -0.25) is 0 Å². The zero-order valence-electron chi connectivity index (χ0n) is 17.6. The van der Waals surface area contributed by atoms with Crippen LogP contribution in [0.15, 0.2) is 36.6 Å². The minimum absolute atomic E-state index is 0.0878. The number of nitrogens with one attached hydrogen (secondary N) is 1. The Morgan fingerprint density at radius 3 is 2.97 bits per heavy atom. The van der Waals surface area contributed by atoms with Gasteiger partial charge < -0.3 is 20.2 Å². The van der Waals surface area contributed by atoms with Crippen LogP contribution in [0.3, 0.4) is 0 Å². The Kier molecular flexibility index (Phi) is 4.63. The average molecular weight is 429 g/mol. The Morgan fingerprint density at radius 1 is 1.29 bits per heavy atom. The van der Waals surface area contributed by atoms with Gasteiger partial charge in [0.1, 0.15) is 23.1 Å². The molecule has 2 fully saturated rings. The minimum atomic E-state index is -0.532. The molecule has 0 aliphatic carbocycles. The molecule has 1 aromatic carbocycles. The molecule has 31 heavy (non-hydrogen) atoms. The first-order valence-electron chi connectivity index (χ1n) is 10.7. The van der Waals surface area contributed by atoms with Crippen molar-refractivity contribution < 1.29 is 20.1 Å². The maximum absolute atomic E-state index is 14.5. The lowest BCUT2D eigenvalue weighted by molar-refractivity contribution is 0.176. The van der Waals surface area contributed by atoms with Crippen LogP contribution in [0.5, 0.6) is 0 Å². The van der Waals surface area contributed by atoms with Crippen LogP contribution >= 0.6 is 0 Å². The van der Waals surface area contributed by atoms with Crippen molar-refractivity contribution in [3.63, 3.8) is 0 Å². The second-order valence-corrected chi connectivity index (χ2v) is 7.87. The van der Waals surface area contributed by atoms with Crippen molar-refractivity contribution in [2.75, 3.05) is 29.9 Å². The molecule has 0 spiro atoms. The van der Waals surface area contributed by atoms with Crippen LogP contribution in [0.25, 0.3) is 5.65 Å². The molecule has 162 valence electrons. The van der Waals surface area contributed by atoms with Gasteiger partial charge in [-0.1, -0.05) is 0 Å². The molecule has 0 radical (unpaired) electrons. The molecular formula is C21H22F2N6O2. The fraction of sp³-hybridized carbons (Fsp3) is 0.381. The van der Waals surface area contributed by atoms with Crippen LogP contribution in [-0.4, -0.2) is 56.4 Å². The van der Waals surface area contributed by atoms with Crippen molar-refractivity contribution in [2.24, 2.45) is 0 Å². The van der Waals surface area contributed by atoms with E-state index < -0.39 is 23.8 Å². The zero-order valence-corrected chi connectivity index (χ0v) is 16.6. The minimum Gasteiger partial charge on any atom is -0.391 e. The van der Waals surface area contributed by atoms with E-state index in [4.69, 9.17) is 1.37 Å². The summed E-state index contributed by atoms with van der Waals surface area (Å²) in [6.07, 6.45) is 4.27. The van der Waals surface area contributed by atoms with Gasteiger partial charge in [-0.25, -0.2) is 23.1 Å². The summed E-state index contributed by atoms with van der Waals surface area (Å²) < 4.78 is 38.1. The van der Waals surface area contributed by atoms with Gasteiger partial charge in [-0.2, -0.15) is 5.10 Å². The molecule has 0 bridgehead atoms. The van der Waals surface area contributed by atoms with Crippen molar-refractivity contribution in [2.45, 2.75) is 31.4 Å². The predicted molar refractivity (Wildman–Crippen MR) is 110 cm³/mol. The second-order valence-electron chi connectivity index (χ2n) is 7.87. The standard InChI is InChI=1S/C21H22F2N6O2/c22-13-3-4-16(23)15(10-13)18-2-1-7-28(18)19-6-9-29-20(26-19)17(11-24-29)25-21(31)27-8-5-14(30)12-27/h3-4,6,9-11,14,18,30H,1-2,5,7-8,12H2,(H,25,31)/t14-,18+/m0/s1/i6D. The van der Waals surface area contributed by atoms with Gasteiger partial charge >= 0.3 is 6.03 Å². The number of hydrogen-bond donors (Lipinski definition) is 2. The number of amides is 2. The van der Waals surface area contributed by atoms with Gasteiger partial charge in [0.25, 0.3) is 0 Å². The Bertz CT molecular complexity index is 1190. The van der Waals surface area contributed by atoms with E-state index in [0.29, 0.717) is 43.1 Å². The number of likely N-dealkylation sites (tertiary alicyclic amines) is 1. The molecule has 2 saturated heterocycles. The Morgan fingerprint density at radius 2 is 2.16 bits per heavy atom. The van der Waals surface area contributed by atoms with Crippen LogP contribution in [0.4, 0.5) is 25.1 Å². The van der Waals surface area contributed by atoms with E-state index in [1.807, 2.05) is 0 Å². The number of benzene rings is 1. The molecule has 10 heteroatoms. The van der Waals surface area contributed by atoms with Gasteiger partial charge in [-0.05, 0) is 43.5 Å². The number of halogens is 2. The Labute approximate surface area is 178 Å². The van der Waals surface area contributed by atoms with Gasteiger partial charge in [-0.15, -0.1) is 0 Å². The molecule has 4 heterocycles. The summed E-state index contributed by atoms with van der Waals surface area (Å²) in [5.41, 5.74) is 0.943. The molecule has 0 unspecified atom stereocenters. The number of aromatic nitrogens is 3. The first-order valence-corrected chi connectivity index (χ1v) is 10.2. The van der Waals surface area contributed by atoms with E-state index in [2.05, 4.69) is 15.4 Å². The molecular weight excluding hydrogens is 406 g/mol. The molecule has 2 N–H and O–H groups in total. The Hall–Kier alpha value is -3.27. The summed E-state index contributed by atoms with van der Waals surface area (Å²) in [4.78, 5) is 20.4. The Balaban J connectivity index is 1.47. The first-order chi connectivity index (χ1) is 15.4. The zero-order chi connectivity index (χ0) is 22.4. The number of carbonyl (C=O) groups is 1. The molecule has 2 aliphatic rings. The van der Waals surface area contributed by atoms with Crippen molar-refractivity contribution in [3.05, 3.63) is 53.8 Å². The fourth-order valence-electron chi connectivity index (χ4n) is 4.28. The predicted octanol–water partition coefficient (Wildman–Crippen LogP) is 2.95. The van der Waals surface area contributed by atoms with E-state index in [9.17, 15) is 18.7 Å². The molecule has 2 amide bonds. The summed E-state index contributed by atoms with van der Waals surface area (Å²) in [7, 11) is 0. The summed E-state index contributed by atoms with van der Waals surface area (Å²) in [5.74, 6) is -0.701. The van der Waals surface area contributed by atoms with Crippen molar-refractivity contribution in [1.29, 1.82) is 0 Å². The average Bonchev–Trinajstić information content (AvgIpc) is 3.49. The van der Waals surface area contributed by atoms with Crippen LogP contribution in [0.1, 0.15) is 32.2 Å². The third-order valence-corrected chi connectivity index (χ3v) is 5.83. The summed E-state index contributed by atoms with van der Waals surface area (Å²) in [6.45, 7) is 1.25. The number of hydrogen-bond acceptors (Lipinski definition) is 5. The van der Waals surface area contributed by atoms with Crippen LogP contribution in [0, 0.1) is 11.6 Å². The van der Waals surface area contributed by atoms with Gasteiger partial charge in [0.15, 0.2) is 5.65 Å². The molecule has 8 nitrogen and oxygen atoms in total. The lowest BCUT2D eigenvalue weighted by Gasteiger charge is -2.26. The lowest BCUT2D eigenvalue weighted by atomic mass is 10.0. The number of β-amino-alcohol motifs (C(OH)–C–C–N with tert-alkyl or cyclic N) is 1. The molecule has 3 aromatic rings. The number of aliphatic hydroxyl groups is 1. The third kappa shape index (κ3) is 3.67. The largest absolute Gasteiger partial charge is 0.391 e. The van der Waals surface area contributed by atoms with Gasteiger partial charge in [0.2, 0.25) is 0 Å². The van der Waals surface area contributed by atoms with E-state index in [1.54, 1.807) is 4.90 Å². The normalized spacial score (nSPS) is 21.7. The number of fused-ring (bicyclic) bond motifs is 1. The molecule has 5 rings (SSSR count). The van der Waals surface area contributed by atoms with Crippen LogP contribution in [-0.2, 0) is 0 Å². The number of rotatable bonds is 3. The van der Waals surface area contributed by atoms with Crippen molar-refractivity contribution in [1.82, 2.24) is 19.5 Å². The van der Waals surface area contributed by atoms with Gasteiger partial charge in [0.05, 0.1) is 19.7 Å².